The molecule has 1 heteroatoms. The maximum atomic E-state index is 12.3. The molecule has 1 nitrogen and oxygen atoms in total. The van der Waals surface area contributed by atoms with E-state index in [2.05, 4.69) is 34.6 Å². The van der Waals surface area contributed by atoms with Gasteiger partial charge in [0.2, 0.25) is 0 Å². The second-order valence-electron chi connectivity index (χ2n) is 7.57. The van der Waals surface area contributed by atoms with Gasteiger partial charge in [-0.05, 0) is 49.9 Å². The minimum Gasteiger partial charge on any atom is -0.299 e. The van der Waals surface area contributed by atoms with E-state index >= 15 is 0 Å². The molecule has 106 valence electrons. The molecule has 0 aliphatic heterocycles. The topological polar surface area (TPSA) is 17.1 Å². The number of hydrogen-bond donors (Lipinski definition) is 0. The summed E-state index contributed by atoms with van der Waals surface area (Å²) >= 11 is 0. The van der Waals surface area contributed by atoms with E-state index in [1.54, 1.807) is 0 Å². The van der Waals surface area contributed by atoms with Crippen molar-refractivity contribution in [2.24, 2.45) is 23.2 Å². The lowest BCUT2D eigenvalue weighted by Gasteiger charge is -2.32. The lowest BCUT2D eigenvalue weighted by Crippen LogP contribution is -2.27. The first-order chi connectivity index (χ1) is 8.33. The maximum absolute atomic E-state index is 12.3. The molecule has 1 aliphatic rings. The summed E-state index contributed by atoms with van der Waals surface area (Å²) in [7, 11) is 0. The fraction of sp³-hybridized carbons (Fsp3) is 0.941. The maximum Gasteiger partial charge on any atom is 0.138 e. The Labute approximate surface area is 114 Å². The molecule has 18 heavy (non-hydrogen) atoms. The predicted molar refractivity (Wildman–Crippen MR) is 78.6 cm³/mol. The van der Waals surface area contributed by atoms with E-state index < -0.39 is 0 Å². The largest absolute Gasteiger partial charge is 0.299 e. The lowest BCUT2D eigenvalue weighted by molar-refractivity contribution is -0.127. The van der Waals surface area contributed by atoms with Crippen LogP contribution in [-0.4, -0.2) is 5.78 Å². The molecule has 0 aromatic rings. The van der Waals surface area contributed by atoms with Gasteiger partial charge in [-0.25, -0.2) is 0 Å². The van der Waals surface area contributed by atoms with Gasteiger partial charge in [0.15, 0.2) is 0 Å². The van der Waals surface area contributed by atoms with Crippen LogP contribution in [-0.2, 0) is 4.79 Å². The number of carbonyl (C=O) groups excluding carboxylic acids is 1. The van der Waals surface area contributed by atoms with Crippen molar-refractivity contribution >= 4 is 5.78 Å². The van der Waals surface area contributed by atoms with Gasteiger partial charge < -0.3 is 0 Å². The van der Waals surface area contributed by atoms with Crippen molar-refractivity contribution in [1.29, 1.82) is 0 Å². The monoisotopic (exact) mass is 252 g/mol. The highest BCUT2D eigenvalue weighted by molar-refractivity contribution is 5.83. The van der Waals surface area contributed by atoms with E-state index in [9.17, 15) is 4.79 Å². The van der Waals surface area contributed by atoms with Crippen LogP contribution in [0.5, 0.6) is 0 Å². The van der Waals surface area contributed by atoms with Gasteiger partial charge in [-0.3, -0.25) is 4.79 Å². The number of Topliss-reactive ketones (excluding diaryl/α,β-unsaturated/α-hetero) is 1. The van der Waals surface area contributed by atoms with Crippen LogP contribution in [0.2, 0.25) is 0 Å². The predicted octanol–water partition coefficient (Wildman–Crippen LogP) is 5.23. The van der Waals surface area contributed by atoms with E-state index in [0.717, 1.165) is 31.6 Å². The van der Waals surface area contributed by atoms with Crippen LogP contribution >= 0.6 is 0 Å². The first kappa shape index (κ1) is 15.7. The first-order valence-electron chi connectivity index (χ1n) is 7.87. The SMILES string of the molecule is CCCC(C)C(=O)C1CCC(CC(C)(C)C)CC1. The van der Waals surface area contributed by atoms with Gasteiger partial charge >= 0.3 is 0 Å². The molecule has 0 saturated heterocycles. The summed E-state index contributed by atoms with van der Waals surface area (Å²) in [4.78, 5) is 12.3. The molecular formula is C17H32O. The van der Waals surface area contributed by atoms with E-state index in [0.29, 0.717) is 23.0 Å². The molecule has 0 aromatic carbocycles. The molecule has 1 rings (SSSR count). The van der Waals surface area contributed by atoms with Crippen molar-refractivity contribution in [3.05, 3.63) is 0 Å². The smallest absolute Gasteiger partial charge is 0.138 e. The summed E-state index contributed by atoms with van der Waals surface area (Å²) in [5, 5.41) is 0. The van der Waals surface area contributed by atoms with Crippen LogP contribution in [0, 0.1) is 23.2 Å². The molecule has 0 spiro atoms. The summed E-state index contributed by atoms with van der Waals surface area (Å²) in [5.41, 5.74) is 0.441. The zero-order valence-electron chi connectivity index (χ0n) is 13.1. The molecule has 1 atom stereocenters. The van der Waals surface area contributed by atoms with Crippen LogP contribution in [0.3, 0.4) is 0 Å². The van der Waals surface area contributed by atoms with Gasteiger partial charge in [-0.1, -0.05) is 41.0 Å². The third kappa shape index (κ3) is 5.12. The molecule has 0 amide bonds. The van der Waals surface area contributed by atoms with E-state index in [1.165, 1.54) is 19.3 Å². The molecule has 1 unspecified atom stereocenters. The molecule has 1 aliphatic carbocycles. The van der Waals surface area contributed by atoms with Gasteiger partial charge in [0.25, 0.3) is 0 Å². The Morgan fingerprint density at radius 2 is 1.72 bits per heavy atom. The highest BCUT2D eigenvalue weighted by Gasteiger charge is 2.30. The van der Waals surface area contributed by atoms with Crippen molar-refractivity contribution < 1.29 is 4.79 Å². The summed E-state index contributed by atoms with van der Waals surface area (Å²) in [5.74, 6) is 2.07. The second-order valence-corrected chi connectivity index (χ2v) is 7.57. The fourth-order valence-electron chi connectivity index (χ4n) is 3.49. The minimum atomic E-state index is 0.291. The van der Waals surface area contributed by atoms with Crippen LogP contribution in [0.15, 0.2) is 0 Å². The molecule has 1 fully saturated rings. The van der Waals surface area contributed by atoms with Gasteiger partial charge in [0.1, 0.15) is 5.78 Å². The molecule has 0 N–H and O–H groups in total. The van der Waals surface area contributed by atoms with Crippen molar-refractivity contribution in [3.63, 3.8) is 0 Å². The Kier molecular flexibility index (Phi) is 5.88. The zero-order chi connectivity index (χ0) is 13.8. The molecular weight excluding hydrogens is 220 g/mol. The molecule has 0 bridgehead atoms. The van der Waals surface area contributed by atoms with Crippen molar-refractivity contribution in [2.75, 3.05) is 0 Å². The van der Waals surface area contributed by atoms with Gasteiger partial charge in [-0.15, -0.1) is 0 Å². The summed E-state index contributed by atoms with van der Waals surface area (Å²) in [6.45, 7) is 11.3. The third-order valence-electron chi connectivity index (χ3n) is 4.36. The van der Waals surface area contributed by atoms with E-state index in [1.807, 2.05) is 0 Å². The van der Waals surface area contributed by atoms with Crippen molar-refractivity contribution in [1.82, 2.24) is 0 Å². The van der Waals surface area contributed by atoms with Crippen molar-refractivity contribution in [2.45, 2.75) is 79.6 Å². The van der Waals surface area contributed by atoms with Crippen LogP contribution in [0.25, 0.3) is 0 Å². The number of ketones is 1. The third-order valence-corrected chi connectivity index (χ3v) is 4.36. The Balaban J connectivity index is 2.37. The van der Waals surface area contributed by atoms with E-state index in [4.69, 9.17) is 0 Å². The Morgan fingerprint density at radius 3 is 2.17 bits per heavy atom. The first-order valence-corrected chi connectivity index (χ1v) is 7.87. The molecule has 1 saturated carbocycles. The number of hydrogen-bond acceptors (Lipinski definition) is 1. The molecule has 0 heterocycles. The summed E-state index contributed by atoms with van der Waals surface area (Å²) in [6.07, 6.45) is 8.35. The number of rotatable bonds is 5. The average Bonchev–Trinajstić information content (AvgIpc) is 2.27. The quantitative estimate of drug-likeness (QED) is 0.654. The Morgan fingerprint density at radius 1 is 1.17 bits per heavy atom. The van der Waals surface area contributed by atoms with Gasteiger partial charge in [-0.2, -0.15) is 0 Å². The minimum absolute atomic E-state index is 0.291. The molecule has 0 radical (unpaired) electrons. The van der Waals surface area contributed by atoms with Crippen LogP contribution < -0.4 is 0 Å². The highest BCUT2D eigenvalue weighted by atomic mass is 16.1. The average molecular weight is 252 g/mol. The lowest BCUT2D eigenvalue weighted by atomic mass is 9.72. The number of carbonyl (C=O) groups is 1. The highest BCUT2D eigenvalue weighted by Crippen LogP contribution is 2.37. The van der Waals surface area contributed by atoms with E-state index in [-0.39, 0.29) is 0 Å². The normalized spacial score (nSPS) is 26.9. The second kappa shape index (κ2) is 6.73. The summed E-state index contributed by atoms with van der Waals surface area (Å²) in [6, 6.07) is 0. The van der Waals surface area contributed by atoms with Gasteiger partial charge in [0.05, 0.1) is 0 Å². The molecule has 0 aromatic heterocycles. The zero-order valence-corrected chi connectivity index (χ0v) is 13.1. The van der Waals surface area contributed by atoms with Gasteiger partial charge in [0, 0.05) is 11.8 Å². The standard InChI is InChI=1S/C17H32O/c1-6-7-13(2)16(18)15-10-8-14(9-11-15)12-17(3,4)5/h13-15H,6-12H2,1-5H3. The van der Waals surface area contributed by atoms with Crippen molar-refractivity contribution in [3.8, 4) is 0 Å². The fourth-order valence-corrected chi connectivity index (χ4v) is 3.49. The Hall–Kier alpha value is -0.330. The van der Waals surface area contributed by atoms with Crippen LogP contribution in [0.1, 0.15) is 79.6 Å². The van der Waals surface area contributed by atoms with Crippen LogP contribution in [0.4, 0.5) is 0 Å². The Bertz CT molecular complexity index is 253. The summed E-state index contributed by atoms with van der Waals surface area (Å²) < 4.78 is 0.